The molecule has 26 nitrogen and oxygen atoms in total. The van der Waals surface area contributed by atoms with Gasteiger partial charge in [-0.25, -0.2) is 4.98 Å². The molecule has 4 aromatic rings. The first-order chi connectivity index (χ1) is 38.2. The third-order valence-electron chi connectivity index (χ3n) is 12.7. The maximum absolute atomic E-state index is 14.7. The fourth-order valence-electron chi connectivity index (χ4n) is 8.36. The Kier molecular flexibility index (Phi) is 24.6. The number of imidazole rings is 1. The van der Waals surface area contributed by atoms with Crippen LogP contribution in [0.2, 0.25) is 0 Å². The molecule has 0 aliphatic carbocycles. The van der Waals surface area contributed by atoms with Crippen molar-refractivity contribution in [2.24, 2.45) is 22.2 Å². The van der Waals surface area contributed by atoms with Crippen molar-refractivity contribution in [3.8, 4) is 0 Å². The highest BCUT2D eigenvalue weighted by molar-refractivity contribution is 8.76. The molecule has 1 aliphatic heterocycles. The number of unbranched alkanes of at least 4 members (excludes halogenated alkanes) is 1. The fourth-order valence-corrected chi connectivity index (χ4v) is 10.7. The zero-order valence-corrected chi connectivity index (χ0v) is 46.6. The average Bonchev–Trinajstić information content (AvgIpc) is 4.11. The van der Waals surface area contributed by atoms with Gasteiger partial charge < -0.3 is 75.0 Å². The Morgan fingerprint density at radius 3 is 1.93 bits per heavy atom. The summed E-state index contributed by atoms with van der Waals surface area (Å²) in [5.41, 5.74) is 19.3. The predicted octanol–water partition coefficient (Wildman–Crippen LogP) is -1.53. The summed E-state index contributed by atoms with van der Waals surface area (Å²) in [5.74, 6) is -8.41. The van der Waals surface area contributed by atoms with E-state index in [1.807, 2.05) is 25.1 Å². The van der Waals surface area contributed by atoms with Crippen molar-refractivity contribution in [3.63, 3.8) is 0 Å². The van der Waals surface area contributed by atoms with E-state index in [0.717, 1.165) is 32.5 Å². The highest BCUT2D eigenvalue weighted by Gasteiger charge is 2.35. The van der Waals surface area contributed by atoms with Gasteiger partial charge in [-0.2, -0.15) is 0 Å². The number of amides is 10. The maximum atomic E-state index is 14.7. The van der Waals surface area contributed by atoms with E-state index in [0.29, 0.717) is 29.7 Å². The van der Waals surface area contributed by atoms with Gasteiger partial charge in [-0.1, -0.05) is 89.9 Å². The number of H-pyrrole nitrogens is 2. The van der Waals surface area contributed by atoms with Gasteiger partial charge in [-0.05, 0) is 50.3 Å². The highest BCUT2D eigenvalue weighted by Crippen LogP contribution is 2.24. The van der Waals surface area contributed by atoms with Gasteiger partial charge >= 0.3 is 0 Å². The molecule has 28 heteroatoms. The molecule has 1 aliphatic rings. The van der Waals surface area contributed by atoms with Crippen molar-refractivity contribution in [2.75, 3.05) is 18.1 Å². The van der Waals surface area contributed by atoms with E-state index in [4.69, 9.17) is 17.2 Å². The number of para-hydroxylation sites is 1. The van der Waals surface area contributed by atoms with E-state index in [1.54, 1.807) is 42.6 Å². The lowest BCUT2D eigenvalue weighted by molar-refractivity contribution is -0.135. The average molecular weight is 1150 g/mol. The van der Waals surface area contributed by atoms with Gasteiger partial charge in [-0.3, -0.25) is 52.9 Å². The van der Waals surface area contributed by atoms with Crippen LogP contribution in [0.5, 0.6) is 0 Å². The molecule has 0 spiro atoms. The van der Waals surface area contributed by atoms with E-state index in [9.17, 15) is 47.9 Å². The summed E-state index contributed by atoms with van der Waals surface area (Å²) in [6.07, 6.45) is 5.68. The van der Waals surface area contributed by atoms with Gasteiger partial charge in [-0.15, -0.1) is 0 Å². The Hall–Kier alpha value is -8.14. The number of nitrogens with one attached hydrogen (secondary N) is 11. The van der Waals surface area contributed by atoms with Crippen molar-refractivity contribution in [3.05, 3.63) is 90.1 Å². The molecule has 17 N–H and O–H groups in total. The normalized spacial score (nSPS) is 22.9. The Bertz CT molecular complexity index is 2810. The van der Waals surface area contributed by atoms with Gasteiger partial charge in [0.25, 0.3) is 0 Å². The number of guanidine groups is 1. The minimum Gasteiger partial charge on any atom is -0.370 e. The molecule has 432 valence electrons. The third-order valence-corrected chi connectivity index (χ3v) is 15.1. The quantitative estimate of drug-likeness (QED) is 0.0247. The lowest BCUT2D eigenvalue weighted by Gasteiger charge is -2.28. The van der Waals surface area contributed by atoms with E-state index in [1.165, 1.54) is 33.3 Å². The number of benzene rings is 2. The van der Waals surface area contributed by atoms with Crippen LogP contribution >= 0.6 is 21.6 Å². The standard InChI is InChI=1S/C52H72N16O10S2/c1-5-6-16-36(62-30(4)69)46(73)68-42-26-80-79-25-41(43(53)70)67-45(72)29(3)60-48(75)39(21-32-23-58-35-17-11-10-15-34(32)35)66-47(74)37(18-12-19-57-52(54)55)63-49(76)38(20-31-13-8-7-9-14-31)65-50(77)40(22-33-24-56-27-59-33)64-44(71)28(2)61-51(42)78/h7-11,13-15,17,23-24,27-29,36-42,58H,5-6,12,16,18-22,25-26H2,1-4H3,(H2,53,70)(H,56,59)(H,60,75)(H,61,78)(H,62,69)(H,63,76)(H,64,71)(H,65,77)(H,66,74)(H,67,72)(H,68,73)(H4,54,55,57)/t28-,29-,36+,37+,38-,39+,40+,41+,42+/m1/s1. The van der Waals surface area contributed by atoms with Crippen LogP contribution in [0.1, 0.15) is 76.6 Å². The SMILES string of the molecule is CCCC[C@H](NC(C)=O)C(=O)N[C@H]1CSSC[C@@H](C(N)=O)NC(=O)[C@@H](C)NC(=O)[C@H](Cc2c[nH]c3ccccc23)NC(=O)[C@H](CCCN=C(N)N)NC(=O)[C@@H](Cc2ccccc2)NC(=O)[C@H](Cc2cnc[nH]2)NC(=O)[C@@H](C)NC1=O. The number of nitrogens with zero attached hydrogens (tertiary/aromatic N) is 2. The minimum atomic E-state index is -1.41. The van der Waals surface area contributed by atoms with Crippen LogP contribution in [-0.4, -0.2) is 152 Å². The number of aromatic nitrogens is 3. The summed E-state index contributed by atoms with van der Waals surface area (Å²) in [7, 11) is 2.04. The topological polar surface area (TPSA) is 414 Å². The fraction of sp³-hybridized carbons (Fsp3) is 0.462. The number of carbonyl (C=O) groups excluding carboxylic acids is 10. The Balaban J connectivity index is 1.55. The molecular formula is C52H72N16O10S2. The van der Waals surface area contributed by atoms with Gasteiger partial charge in [0.15, 0.2) is 5.96 Å². The van der Waals surface area contributed by atoms with E-state index >= 15 is 0 Å². The van der Waals surface area contributed by atoms with E-state index in [-0.39, 0.29) is 62.5 Å². The number of aromatic amines is 2. The summed E-state index contributed by atoms with van der Waals surface area (Å²) in [4.78, 5) is 153. The van der Waals surface area contributed by atoms with Gasteiger partial charge in [0.2, 0.25) is 59.1 Å². The molecule has 5 rings (SSSR count). The first-order valence-electron chi connectivity index (χ1n) is 26.1. The van der Waals surface area contributed by atoms with Crippen molar-refractivity contribution in [1.29, 1.82) is 0 Å². The largest absolute Gasteiger partial charge is 0.370 e. The molecule has 0 saturated carbocycles. The summed E-state index contributed by atoms with van der Waals surface area (Å²) in [6, 6.07) is 4.03. The molecular weight excluding hydrogens is 1070 g/mol. The predicted molar refractivity (Wildman–Crippen MR) is 302 cm³/mol. The van der Waals surface area contributed by atoms with E-state index < -0.39 is 113 Å². The van der Waals surface area contributed by atoms with Crippen LogP contribution in [0.15, 0.2) is 78.3 Å². The second-order valence-electron chi connectivity index (χ2n) is 19.2. The van der Waals surface area contributed by atoms with Crippen LogP contribution in [0.3, 0.4) is 0 Å². The minimum absolute atomic E-state index is 0.0444. The number of nitrogens with two attached hydrogens (primary N) is 3. The van der Waals surface area contributed by atoms with Crippen molar-refractivity contribution in [1.82, 2.24) is 62.8 Å². The maximum Gasteiger partial charge on any atom is 0.244 e. The lowest BCUT2D eigenvalue weighted by atomic mass is 10.0. The molecule has 3 heterocycles. The van der Waals surface area contributed by atoms with Crippen molar-refractivity contribution >= 4 is 97.5 Å². The van der Waals surface area contributed by atoms with Crippen LogP contribution in [-0.2, 0) is 67.2 Å². The van der Waals surface area contributed by atoms with Crippen LogP contribution < -0.4 is 65.1 Å². The highest BCUT2D eigenvalue weighted by atomic mass is 33.1. The monoisotopic (exact) mass is 1140 g/mol. The number of hydrogen-bond donors (Lipinski definition) is 14. The second kappa shape index (κ2) is 31.5. The molecule has 80 heavy (non-hydrogen) atoms. The summed E-state index contributed by atoms with van der Waals surface area (Å²) >= 11 is 0. The molecule has 2 aromatic carbocycles. The number of carbonyl (C=O) groups is 10. The molecule has 1 fully saturated rings. The van der Waals surface area contributed by atoms with Crippen LogP contribution in [0, 0.1) is 0 Å². The molecule has 0 bridgehead atoms. The summed E-state index contributed by atoms with van der Waals surface area (Å²) < 4.78 is 0. The second-order valence-corrected chi connectivity index (χ2v) is 21.7. The summed E-state index contributed by atoms with van der Waals surface area (Å²) in [5, 5.41) is 24.8. The Morgan fingerprint density at radius 2 is 1.27 bits per heavy atom. The molecule has 9 atom stereocenters. The molecule has 2 aromatic heterocycles. The molecule has 10 amide bonds. The van der Waals surface area contributed by atoms with Gasteiger partial charge in [0, 0.05) is 73.2 Å². The first kappa shape index (κ1) is 62.7. The van der Waals surface area contributed by atoms with Crippen molar-refractivity contribution in [2.45, 2.75) is 133 Å². The van der Waals surface area contributed by atoms with Gasteiger partial charge in [0.1, 0.15) is 54.4 Å². The number of aliphatic imine (C=N–C) groups is 1. The summed E-state index contributed by atoms with van der Waals surface area (Å²) in [6.45, 7) is 5.92. The number of hydrogen-bond acceptors (Lipinski definition) is 14. The molecule has 0 unspecified atom stereocenters. The molecule has 1 saturated heterocycles. The number of rotatable bonds is 17. The first-order valence-corrected chi connectivity index (χ1v) is 28.6. The smallest absolute Gasteiger partial charge is 0.244 e. The zero-order chi connectivity index (χ0) is 58.3. The third kappa shape index (κ3) is 19.9. The van der Waals surface area contributed by atoms with Crippen LogP contribution in [0.4, 0.5) is 0 Å². The Labute approximate surface area is 470 Å². The zero-order valence-electron chi connectivity index (χ0n) is 44.9. The van der Waals surface area contributed by atoms with E-state index in [2.05, 4.69) is 67.8 Å². The Morgan fingerprint density at radius 1 is 0.688 bits per heavy atom. The van der Waals surface area contributed by atoms with Crippen molar-refractivity contribution < 1.29 is 47.9 Å². The van der Waals surface area contributed by atoms with Crippen LogP contribution in [0.25, 0.3) is 10.9 Å². The number of fused-ring (bicyclic) bond motifs is 1. The number of primary amides is 1. The molecule has 0 radical (unpaired) electrons. The van der Waals surface area contributed by atoms with Gasteiger partial charge in [0.05, 0.1) is 6.33 Å². The lowest BCUT2D eigenvalue weighted by Crippen LogP contribution is -2.61.